The summed E-state index contributed by atoms with van der Waals surface area (Å²) in [4.78, 5) is 29.3. The van der Waals surface area contributed by atoms with Gasteiger partial charge in [0.05, 0.1) is 29.9 Å². The number of anilines is 2. The molecule has 1 heterocycles. The van der Waals surface area contributed by atoms with Crippen LogP contribution in [0, 0.1) is 5.82 Å². The zero-order valence-electron chi connectivity index (χ0n) is 20.0. The lowest BCUT2D eigenvalue weighted by atomic mass is 9.94. The summed E-state index contributed by atoms with van der Waals surface area (Å²) in [6.45, 7) is 0. The van der Waals surface area contributed by atoms with Crippen LogP contribution in [0.4, 0.5) is 28.9 Å². The smallest absolute Gasteiger partial charge is 0.416 e. The van der Waals surface area contributed by atoms with Crippen molar-refractivity contribution < 1.29 is 37.0 Å². The molecule has 10 heteroatoms. The number of halogens is 4. The normalized spacial score (nSPS) is 17.3. The number of carbonyl (C=O) groups excluding carboxylic acids is 2. The molecule has 192 valence electrons. The number of alkyl halides is 3. The van der Waals surface area contributed by atoms with Crippen molar-refractivity contribution in [2.45, 2.75) is 12.2 Å². The van der Waals surface area contributed by atoms with E-state index in [0.717, 1.165) is 47.0 Å². The van der Waals surface area contributed by atoms with Gasteiger partial charge in [0.15, 0.2) is 0 Å². The predicted molar refractivity (Wildman–Crippen MR) is 130 cm³/mol. The second-order valence-electron chi connectivity index (χ2n) is 8.54. The van der Waals surface area contributed by atoms with Crippen molar-refractivity contribution in [1.82, 2.24) is 0 Å². The van der Waals surface area contributed by atoms with Crippen LogP contribution in [0.15, 0.2) is 72.3 Å². The fraction of sp³-hybridized carbons (Fsp3) is 0.185. The molecule has 3 aromatic carbocycles. The van der Waals surface area contributed by atoms with E-state index in [9.17, 15) is 32.3 Å². The van der Waals surface area contributed by atoms with Crippen LogP contribution in [0.2, 0.25) is 0 Å². The lowest BCUT2D eigenvalue weighted by molar-refractivity contribution is -0.137. The molecule has 37 heavy (non-hydrogen) atoms. The fourth-order valence-corrected chi connectivity index (χ4v) is 4.19. The Balaban J connectivity index is 1.94. The second kappa shape index (κ2) is 9.61. The Morgan fingerprint density at radius 2 is 1.59 bits per heavy atom. The average molecular weight is 514 g/mol. The molecule has 1 aliphatic rings. The zero-order chi connectivity index (χ0) is 27.1. The molecule has 0 aromatic heterocycles. The Morgan fingerprint density at radius 1 is 0.973 bits per heavy atom. The minimum Gasteiger partial charge on any atom is -0.507 e. The molecule has 1 atom stereocenters. The van der Waals surface area contributed by atoms with E-state index in [2.05, 4.69) is 0 Å². The number of ether oxygens (including phenoxy) is 1. The van der Waals surface area contributed by atoms with Crippen molar-refractivity contribution in [3.05, 3.63) is 94.8 Å². The van der Waals surface area contributed by atoms with Gasteiger partial charge < -0.3 is 14.7 Å². The van der Waals surface area contributed by atoms with Gasteiger partial charge in [-0.3, -0.25) is 14.5 Å². The maximum Gasteiger partial charge on any atom is 0.416 e. The Labute approximate surface area is 210 Å². The van der Waals surface area contributed by atoms with Crippen LogP contribution in [0.1, 0.15) is 22.7 Å². The number of hydrogen-bond acceptors (Lipinski definition) is 5. The summed E-state index contributed by atoms with van der Waals surface area (Å²) in [6.07, 6.45) is -4.60. The number of carbonyl (C=O) groups is 2. The summed E-state index contributed by atoms with van der Waals surface area (Å²) in [7, 11) is 4.93. The van der Waals surface area contributed by atoms with E-state index < -0.39 is 41.0 Å². The quantitative estimate of drug-likeness (QED) is 0.209. The first-order valence-electron chi connectivity index (χ1n) is 11.0. The molecule has 4 rings (SSSR count). The second-order valence-corrected chi connectivity index (χ2v) is 8.54. The average Bonchev–Trinajstić information content (AvgIpc) is 3.13. The molecule has 1 amide bonds. The van der Waals surface area contributed by atoms with E-state index in [4.69, 9.17) is 4.74 Å². The van der Waals surface area contributed by atoms with Gasteiger partial charge >= 0.3 is 6.18 Å². The van der Waals surface area contributed by atoms with Crippen molar-refractivity contribution in [2.24, 2.45) is 0 Å². The largest absolute Gasteiger partial charge is 0.507 e. The number of amides is 1. The first-order chi connectivity index (χ1) is 17.4. The number of aliphatic hydroxyl groups excluding tert-OH is 1. The molecule has 0 radical (unpaired) electrons. The molecule has 1 saturated heterocycles. The fourth-order valence-electron chi connectivity index (χ4n) is 4.19. The molecule has 3 aromatic rings. The molecule has 0 saturated carbocycles. The van der Waals surface area contributed by atoms with Crippen molar-refractivity contribution in [2.75, 3.05) is 31.0 Å². The van der Waals surface area contributed by atoms with Gasteiger partial charge in [-0.15, -0.1) is 0 Å². The zero-order valence-corrected chi connectivity index (χ0v) is 20.0. The topological polar surface area (TPSA) is 70.1 Å². The summed E-state index contributed by atoms with van der Waals surface area (Å²) >= 11 is 0. The van der Waals surface area contributed by atoms with Gasteiger partial charge in [0, 0.05) is 25.5 Å². The van der Waals surface area contributed by atoms with Crippen molar-refractivity contribution >= 4 is 28.8 Å². The van der Waals surface area contributed by atoms with Gasteiger partial charge in [-0.1, -0.05) is 12.1 Å². The molecule has 0 spiro atoms. The van der Waals surface area contributed by atoms with Gasteiger partial charge in [0.2, 0.25) is 0 Å². The van der Waals surface area contributed by atoms with Crippen LogP contribution in [0.5, 0.6) is 5.75 Å². The lowest BCUT2D eigenvalue weighted by Gasteiger charge is -2.26. The Morgan fingerprint density at radius 3 is 2.14 bits per heavy atom. The van der Waals surface area contributed by atoms with Crippen LogP contribution < -0.4 is 14.5 Å². The van der Waals surface area contributed by atoms with Gasteiger partial charge in [0.25, 0.3) is 11.7 Å². The van der Waals surface area contributed by atoms with Gasteiger partial charge in [-0.25, -0.2) is 4.39 Å². The molecule has 0 bridgehead atoms. The van der Waals surface area contributed by atoms with Crippen LogP contribution >= 0.6 is 0 Å². The standard InChI is InChI=1S/C27H22F4N2O4/c1-32(2)18-9-4-15(5-10-18)23-22(24(34)20-14-17(28)8-13-21(20)37-3)25(35)26(36)33(23)19-11-6-16(7-12-19)27(29,30)31/h4-14,23,34H,1-3H3/b24-22+. The number of benzene rings is 3. The van der Waals surface area contributed by atoms with E-state index in [-0.39, 0.29) is 22.6 Å². The van der Waals surface area contributed by atoms with Gasteiger partial charge in [-0.05, 0) is 60.2 Å². The molecular formula is C27H22F4N2O4. The van der Waals surface area contributed by atoms with Gasteiger partial charge in [0.1, 0.15) is 17.3 Å². The third-order valence-electron chi connectivity index (χ3n) is 6.06. The maximum absolute atomic E-state index is 14.1. The molecular weight excluding hydrogens is 492 g/mol. The summed E-state index contributed by atoms with van der Waals surface area (Å²) < 4.78 is 58.6. The highest BCUT2D eigenvalue weighted by Crippen LogP contribution is 2.44. The summed E-state index contributed by atoms with van der Waals surface area (Å²) in [6, 6.07) is 12.6. The van der Waals surface area contributed by atoms with E-state index in [1.165, 1.54) is 13.2 Å². The number of methoxy groups -OCH3 is 1. The van der Waals surface area contributed by atoms with Crippen molar-refractivity contribution in [3.8, 4) is 5.75 Å². The van der Waals surface area contributed by atoms with E-state index in [1.54, 1.807) is 24.3 Å². The monoisotopic (exact) mass is 514 g/mol. The third kappa shape index (κ3) is 4.74. The van der Waals surface area contributed by atoms with E-state index >= 15 is 0 Å². The number of ketones is 1. The molecule has 1 N–H and O–H groups in total. The molecule has 1 unspecified atom stereocenters. The van der Waals surface area contributed by atoms with Gasteiger partial charge in [-0.2, -0.15) is 13.2 Å². The predicted octanol–water partition coefficient (Wildman–Crippen LogP) is 5.55. The summed E-state index contributed by atoms with van der Waals surface area (Å²) in [5.74, 6) is -3.47. The Bertz CT molecular complexity index is 1380. The first-order valence-corrected chi connectivity index (χ1v) is 11.0. The first kappa shape index (κ1) is 25.7. The molecule has 0 aliphatic carbocycles. The number of rotatable bonds is 5. The van der Waals surface area contributed by atoms with Crippen LogP contribution in [0.3, 0.4) is 0 Å². The van der Waals surface area contributed by atoms with Crippen LogP contribution in [-0.4, -0.2) is 38.0 Å². The lowest BCUT2D eigenvalue weighted by Crippen LogP contribution is -2.29. The summed E-state index contributed by atoms with van der Waals surface area (Å²) in [5.41, 5.74) is -0.204. The van der Waals surface area contributed by atoms with Crippen LogP contribution in [-0.2, 0) is 15.8 Å². The van der Waals surface area contributed by atoms with E-state index in [1.807, 2.05) is 19.0 Å². The highest BCUT2D eigenvalue weighted by atomic mass is 19.4. The van der Waals surface area contributed by atoms with Crippen molar-refractivity contribution in [1.29, 1.82) is 0 Å². The summed E-state index contributed by atoms with van der Waals surface area (Å²) in [5, 5.41) is 11.2. The number of hydrogen-bond donors (Lipinski definition) is 1. The highest BCUT2D eigenvalue weighted by Gasteiger charge is 2.47. The molecule has 6 nitrogen and oxygen atoms in total. The number of nitrogens with zero attached hydrogens (tertiary/aromatic N) is 2. The number of Topliss-reactive ketones (excluding diaryl/α,β-unsaturated/α-hetero) is 1. The number of aliphatic hydroxyl groups is 1. The molecule has 1 fully saturated rings. The minimum atomic E-state index is -4.60. The molecule has 1 aliphatic heterocycles. The van der Waals surface area contributed by atoms with E-state index in [0.29, 0.717) is 5.56 Å². The maximum atomic E-state index is 14.1. The Hall–Kier alpha value is -4.34. The highest BCUT2D eigenvalue weighted by molar-refractivity contribution is 6.51. The third-order valence-corrected chi connectivity index (χ3v) is 6.06. The SMILES string of the molecule is COc1ccc(F)cc1/C(O)=C1\C(=O)C(=O)N(c2ccc(C(F)(F)F)cc2)C1c1ccc(N(C)C)cc1. The van der Waals surface area contributed by atoms with Crippen molar-refractivity contribution in [3.63, 3.8) is 0 Å². The Kier molecular flexibility index (Phi) is 6.68. The minimum absolute atomic E-state index is 0.0158. The van der Waals surface area contributed by atoms with Crippen LogP contribution in [0.25, 0.3) is 5.76 Å².